The molecule has 1 aliphatic carbocycles. The molecule has 3 N–H and O–H groups in total. The van der Waals surface area contributed by atoms with Crippen LogP contribution in [-0.4, -0.2) is 11.7 Å². The van der Waals surface area contributed by atoms with Crippen molar-refractivity contribution in [1.82, 2.24) is 5.43 Å². The number of nitrogens with one attached hydrogen (secondary N) is 1. The Bertz CT molecular complexity index is 405. The van der Waals surface area contributed by atoms with Gasteiger partial charge in [-0.25, -0.2) is 10.2 Å². The molecule has 0 saturated heterocycles. The van der Waals surface area contributed by atoms with Crippen molar-refractivity contribution in [2.24, 2.45) is 22.2 Å². The number of urea groups is 1. The number of nitrogens with zero attached hydrogens (tertiary/aromatic N) is 1. The molecule has 1 atom stereocenters. The molecule has 0 aromatic carbocycles. The molecule has 0 radical (unpaired) electrons. The van der Waals surface area contributed by atoms with Gasteiger partial charge in [0.25, 0.3) is 0 Å². The van der Waals surface area contributed by atoms with Crippen LogP contribution < -0.4 is 11.2 Å². The Kier molecular flexibility index (Phi) is 4.70. The Hall–Kier alpha value is -1.58. The van der Waals surface area contributed by atoms with Crippen molar-refractivity contribution in [1.29, 1.82) is 0 Å². The van der Waals surface area contributed by atoms with Gasteiger partial charge in [0, 0.05) is 5.92 Å². The molecule has 0 bridgehead atoms. The van der Waals surface area contributed by atoms with Gasteiger partial charge in [0.05, 0.1) is 5.71 Å². The molecular weight excluding hydrogens is 226 g/mol. The van der Waals surface area contributed by atoms with Gasteiger partial charge in [0.1, 0.15) is 0 Å². The second kappa shape index (κ2) is 5.85. The molecule has 2 amide bonds. The monoisotopic (exact) mass is 249 g/mol. The van der Waals surface area contributed by atoms with E-state index in [0.29, 0.717) is 0 Å². The van der Waals surface area contributed by atoms with Crippen LogP contribution in [0.5, 0.6) is 0 Å². The van der Waals surface area contributed by atoms with E-state index in [-0.39, 0.29) is 11.3 Å². The van der Waals surface area contributed by atoms with E-state index in [0.717, 1.165) is 18.6 Å². The van der Waals surface area contributed by atoms with Crippen LogP contribution in [0, 0.1) is 11.3 Å². The van der Waals surface area contributed by atoms with Crippen LogP contribution in [0.15, 0.2) is 28.9 Å². The largest absolute Gasteiger partial charge is 0.350 e. The minimum atomic E-state index is -0.632. The summed E-state index contributed by atoms with van der Waals surface area (Å²) in [6.45, 7) is 8.53. The smallest absolute Gasteiger partial charge is 0.332 e. The maximum Gasteiger partial charge on any atom is 0.332 e. The second-order valence-corrected chi connectivity index (χ2v) is 5.42. The summed E-state index contributed by atoms with van der Waals surface area (Å²) in [6, 6.07) is -0.632. The molecule has 0 fully saturated rings. The highest BCUT2D eigenvalue weighted by Gasteiger charge is 2.35. The SMILES string of the molecule is C/C=C/C(=N/NC(N)=O)[C@@H]1C(C)=CCCC1(C)C. The van der Waals surface area contributed by atoms with Gasteiger partial charge >= 0.3 is 6.03 Å². The Morgan fingerprint density at radius 3 is 2.78 bits per heavy atom. The zero-order valence-electron chi connectivity index (χ0n) is 11.7. The summed E-state index contributed by atoms with van der Waals surface area (Å²) in [7, 11) is 0. The van der Waals surface area contributed by atoms with Crippen molar-refractivity contribution >= 4 is 11.7 Å². The van der Waals surface area contributed by atoms with Gasteiger partial charge < -0.3 is 5.73 Å². The molecule has 0 aliphatic heterocycles. The fourth-order valence-corrected chi connectivity index (χ4v) is 2.67. The average molecular weight is 249 g/mol. The van der Waals surface area contributed by atoms with E-state index in [2.05, 4.69) is 37.4 Å². The lowest BCUT2D eigenvalue weighted by molar-refractivity contribution is 0.248. The zero-order chi connectivity index (χ0) is 13.8. The molecule has 0 heterocycles. The third kappa shape index (κ3) is 3.45. The summed E-state index contributed by atoms with van der Waals surface area (Å²) >= 11 is 0. The number of rotatable bonds is 3. The number of carbonyl (C=O) groups is 1. The fourth-order valence-electron chi connectivity index (χ4n) is 2.67. The highest BCUT2D eigenvalue weighted by Crippen LogP contribution is 2.41. The number of allylic oxidation sites excluding steroid dienone is 4. The summed E-state index contributed by atoms with van der Waals surface area (Å²) in [5, 5.41) is 4.15. The molecule has 0 aromatic heterocycles. The van der Waals surface area contributed by atoms with Crippen LogP contribution >= 0.6 is 0 Å². The number of nitrogens with two attached hydrogens (primary N) is 1. The molecule has 0 spiro atoms. The molecule has 1 rings (SSSR count). The lowest BCUT2D eigenvalue weighted by Gasteiger charge is -2.38. The summed E-state index contributed by atoms with van der Waals surface area (Å²) in [4.78, 5) is 10.8. The van der Waals surface area contributed by atoms with Gasteiger partial charge in [0.15, 0.2) is 0 Å². The van der Waals surface area contributed by atoms with E-state index in [1.54, 1.807) is 0 Å². The molecule has 18 heavy (non-hydrogen) atoms. The van der Waals surface area contributed by atoms with Gasteiger partial charge in [0.2, 0.25) is 0 Å². The van der Waals surface area contributed by atoms with Crippen LogP contribution in [0.2, 0.25) is 0 Å². The first-order valence-corrected chi connectivity index (χ1v) is 6.31. The average Bonchev–Trinajstić information content (AvgIpc) is 2.24. The molecular formula is C14H23N3O. The Balaban J connectivity index is 3.10. The summed E-state index contributed by atoms with van der Waals surface area (Å²) in [5.41, 5.74) is 9.70. The number of hydrogen-bond donors (Lipinski definition) is 2. The van der Waals surface area contributed by atoms with Gasteiger partial charge in [-0.3, -0.25) is 0 Å². The van der Waals surface area contributed by atoms with Gasteiger partial charge in [-0.1, -0.05) is 31.6 Å². The third-order valence-electron chi connectivity index (χ3n) is 3.42. The Morgan fingerprint density at radius 1 is 1.61 bits per heavy atom. The van der Waals surface area contributed by atoms with Crippen molar-refractivity contribution in [2.45, 2.75) is 40.5 Å². The lowest BCUT2D eigenvalue weighted by atomic mass is 9.66. The normalized spacial score (nSPS) is 23.9. The molecule has 1 aliphatic rings. The van der Waals surface area contributed by atoms with Crippen LogP contribution in [0.4, 0.5) is 4.79 Å². The number of carbonyl (C=O) groups excluding carboxylic acids is 1. The van der Waals surface area contributed by atoms with Gasteiger partial charge in [-0.05, 0) is 38.2 Å². The van der Waals surface area contributed by atoms with E-state index in [1.165, 1.54) is 5.57 Å². The second-order valence-electron chi connectivity index (χ2n) is 5.42. The third-order valence-corrected chi connectivity index (χ3v) is 3.42. The molecule has 0 unspecified atom stereocenters. The van der Waals surface area contributed by atoms with Gasteiger partial charge in [-0.15, -0.1) is 0 Å². The molecule has 4 heteroatoms. The molecule has 0 saturated carbocycles. The molecule has 100 valence electrons. The maximum absolute atomic E-state index is 10.8. The Labute approximate surface area is 109 Å². The van der Waals surface area contributed by atoms with Crippen molar-refractivity contribution < 1.29 is 4.79 Å². The first-order valence-electron chi connectivity index (χ1n) is 6.31. The fraction of sp³-hybridized carbons (Fsp3) is 0.571. The quantitative estimate of drug-likeness (QED) is 0.450. The van der Waals surface area contributed by atoms with E-state index >= 15 is 0 Å². The minimum Gasteiger partial charge on any atom is -0.350 e. The van der Waals surface area contributed by atoms with E-state index in [1.807, 2.05) is 19.1 Å². The zero-order valence-corrected chi connectivity index (χ0v) is 11.7. The van der Waals surface area contributed by atoms with E-state index in [9.17, 15) is 4.79 Å². The summed E-state index contributed by atoms with van der Waals surface area (Å²) in [5.74, 6) is 0.217. The Morgan fingerprint density at radius 2 is 2.28 bits per heavy atom. The first-order chi connectivity index (χ1) is 8.38. The lowest BCUT2D eigenvalue weighted by Crippen LogP contribution is -2.35. The van der Waals surface area contributed by atoms with Crippen LogP contribution in [0.25, 0.3) is 0 Å². The van der Waals surface area contributed by atoms with E-state index in [4.69, 9.17) is 5.73 Å². The van der Waals surface area contributed by atoms with Crippen LogP contribution in [0.3, 0.4) is 0 Å². The summed E-state index contributed by atoms with van der Waals surface area (Å²) < 4.78 is 0. The number of amides is 2. The highest BCUT2D eigenvalue weighted by molar-refractivity contribution is 5.99. The summed E-state index contributed by atoms with van der Waals surface area (Å²) in [6.07, 6.45) is 8.33. The topological polar surface area (TPSA) is 67.5 Å². The van der Waals surface area contributed by atoms with E-state index < -0.39 is 6.03 Å². The van der Waals surface area contributed by atoms with Crippen LogP contribution in [-0.2, 0) is 0 Å². The number of hydrazone groups is 1. The number of primary amides is 1. The van der Waals surface area contributed by atoms with Crippen molar-refractivity contribution in [3.05, 3.63) is 23.8 Å². The molecule has 4 nitrogen and oxygen atoms in total. The maximum atomic E-state index is 10.8. The van der Waals surface area contributed by atoms with Crippen molar-refractivity contribution in [2.75, 3.05) is 0 Å². The first kappa shape index (κ1) is 14.5. The minimum absolute atomic E-state index is 0.135. The van der Waals surface area contributed by atoms with Crippen molar-refractivity contribution in [3.8, 4) is 0 Å². The van der Waals surface area contributed by atoms with Crippen molar-refractivity contribution in [3.63, 3.8) is 0 Å². The predicted octanol–water partition coefficient (Wildman–Crippen LogP) is 2.97. The predicted molar refractivity (Wildman–Crippen MR) is 75.2 cm³/mol. The molecule has 0 aromatic rings. The van der Waals surface area contributed by atoms with Gasteiger partial charge in [-0.2, -0.15) is 5.10 Å². The number of hydrogen-bond acceptors (Lipinski definition) is 2. The highest BCUT2D eigenvalue weighted by atomic mass is 16.2. The standard InChI is InChI=1S/C14H23N3O/c1-5-7-11(16-17-13(15)18)12-10(2)8-6-9-14(12,3)4/h5,7-8,12H,6,9H2,1-4H3,(H3,15,17,18)/b7-5+,16-11-/t12-/m0/s1. The van der Waals surface area contributed by atoms with Crippen LogP contribution in [0.1, 0.15) is 40.5 Å².